The Kier molecular flexibility index (Phi) is 5.92. The first-order valence-electron chi connectivity index (χ1n) is 8.78. The summed E-state index contributed by atoms with van der Waals surface area (Å²) in [5, 5.41) is 22.0. The molecular formula is C18H18ClFN6O3. The number of aromatic nitrogens is 4. The second-order valence-electron chi connectivity index (χ2n) is 6.36. The highest BCUT2D eigenvalue weighted by molar-refractivity contribution is 6.31. The molecule has 0 saturated carbocycles. The van der Waals surface area contributed by atoms with Crippen LogP contribution in [-0.2, 0) is 11.3 Å². The van der Waals surface area contributed by atoms with Gasteiger partial charge in [-0.05, 0) is 30.4 Å². The fourth-order valence-electron chi connectivity index (χ4n) is 2.92. The Morgan fingerprint density at radius 1 is 1.38 bits per heavy atom. The minimum absolute atomic E-state index is 0.100. The minimum atomic E-state index is -0.741. The molecule has 0 aliphatic carbocycles. The Hall–Kier alpha value is -3.27. The summed E-state index contributed by atoms with van der Waals surface area (Å²) in [5.74, 6) is -0.914. The van der Waals surface area contributed by atoms with Crippen LogP contribution < -0.4 is 5.32 Å². The predicted octanol–water partition coefficient (Wildman–Crippen LogP) is 3.73. The molecule has 1 atom stereocenters. The molecule has 0 bridgehead atoms. The zero-order chi connectivity index (χ0) is 21.1. The van der Waals surface area contributed by atoms with Crippen molar-refractivity contribution in [3.05, 3.63) is 68.7 Å². The lowest BCUT2D eigenvalue weighted by atomic mass is 10.2. The number of rotatable bonds is 7. The van der Waals surface area contributed by atoms with Crippen LogP contribution >= 0.6 is 11.6 Å². The number of hydrogen-bond donors (Lipinski definition) is 1. The average Bonchev–Trinajstić information content (AvgIpc) is 3.26. The number of nitro groups is 1. The van der Waals surface area contributed by atoms with Crippen molar-refractivity contribution in [2.45, 2.75) is 32.9 Å². The minimum Gasteiger partial charge on any atom is -0.358 e. The van der Waals surface area contributed by atoms with E-state index in [2.05, 4.69) is 15.5 Å². The van der Waals surface area contributed by atoms with Gasteiger partial charge in [-0.3, -0.25) is 9.48 Å². The Balaban J connectivity index is 1.74. The normalized spacial score (nSPS) is 12.0. The van der Waals surface area contributed by atoms with Crippen LogP contribution in [-0.4, -0.2) is 30.4 Å². The molecule has 11 heteroatoms. The Bertz CT molecular complexity index is 1040. The first-order valence-corrected chi connectivity index (χ1v) is 9.15. The molecule has 1 amide bonds. The van der Waals surface area contributed by atoms with Crippen LogP contribution in [0.25, 0.3) is 0 Å². The van der Waals surface area contributed by atoms with E-state index in [0.29, 0.717) is 17.7 Å². The number of aryl methyl sites for hydroxylation is 1. The van der Waals surface area contributed by atoms with Crippen molar-refractivity contribution >= 4 is 29.1 Å². The van der Waals surface area contributed by atoms with E-state index in [0.717, 1.165) is 0 Å². The first kappa shape index (κ1) is 20.5. The molecule has 0 spiro atoms. The molecular weight excluding hydrogens is 403 g/mol. The monoisotopic (exact) mass is 420 g/mol. The number of carbonyl (C=O) groups is 1. The van der Waals surface area contributed by atoms with Crippen molar-refractivity contribution in [1.29, 1.82) is 0 Å². The van der Waals surface area contributed by atoms with Gasteiger partial charge >= 0.3 is 5.82 Å². The predicted molar refractivity (Wildman–Crippen MR) is 104 cm³/mol. The molecule has 2 aromatic heterocycles. The fourth-order valence-corrected chi connectivity index (χ4v) is 3.14. The van der Waals surface area contributed by atoms with Gasteiger partial charge < -0.3 is 15.4 Å². The Morgan fingerprint density at radius 2 is 2.14 bits per heavy atom. The summed E-state index contributed by atoms with van der Waals surface area (Å²) in [6.07, 6.45) is 1.96. The van der Waals surface area contributed by atoms with Gasteiger partial charge in [-0.25, -0.2) is 4.39 Å². The van der Waals surface area contributed by atoms with Crippen molar-refractivity contribution in [1.82, 2.24) is 19.6 Å². The molecule has 3 aromatic rings. The molecule has 1 aromatic carbocycles. The van der Waals surface area contributed by atoms with Gasteiger partial charge in [-0.15, -0.1) is 0 Å². The number of halogens is 2. The van der Waals surface area contributed by atoms with E-state index in [1.54, 1.807) is 32.2 Å². The molecule has 0 aliphatic rings. The van der Waals surface area contributed by atoms with Crippen molar-refractivity contribution in [2.24, 2.45) is 0 Å². The average molecular weight is 421 g/mol. The van der Waals surface area contributed by atoms with Crippen LogP contribution in [0.5, 0.6) is 0 Å². The van der Waals surface area contributed by atoms with Crippen LogP contribution in [0.4, 0.5) is 16.0 Å². The largest absolute Gasteiger partial charge is 0.390 e. The molecule has 9 nitrogen and oxygen atoms in total. The summed E-state index contributed by atoms with van der Waals surface area (Å²) in [5.41, 5.74) is 0.791. The van der Waals surface area contributed by atoms with Gasteiger partial charge in [0.15, 0.2) is 11.9 Å². The van der Waals surface area contributed by atoms with E-state index in [9.17, 15) is 19.3 Å². The fraction of sp³-hybridized carbons (Fsp3) is 0.278. The number of carbonyl (C=O) groups excluding carboxylic acids is 1. The highest BCUT2D eigenvalue weighted by atomic mass is 35.5. The molecule has 1 N–H and O–H groups in total. The maximum absolute atomic E-state index is 13.9. The van der Waals surface area contributed by atoms with Crippen molar-refractivity contribution in [3.8, 4) is 0 Å². The third kappa shape index (κ3) is 4.43. The summed E-state index contributed by atoms with van der Waals surface area (Å²) >= 11 is 6.03. The van der Waals surface area contributed by atoms with Crippen LogP contribution in [0.1, 0.15) is 30.6 Å². The van der Waals surface area contributed by atoms with Gasteiger partial charge in [0.25, 0.3) is 5.91 Å². The van der Waals surface area contributed by atoms with Crippen LogP contribution in [0.2, 0.25) is 5.02 Å². The maximum atomic E-state index is 13.9. The highest BCUT2D eigenvalue weighted by Crippen LogP contribution is 2.22. The molecule has 152 valence electrons. The third-order valence-corrected chi connectivity index (χ3v) is 4.71. The van der Waals surface area contributed by atoms with Crippen LogP contribution in [0, 0.1) is 22.9 Å². The summed E-state index contributed by atoms with van der Waals surface area (Å²) in [4.78, 5) is 23.0. The molecule has 0 saturated heterocycles. The van der Waals surface area contributed by atoms with E-state index >= 15 is 0 Å². The van der Waals surface area contributed by atoms with Gasteiger partial charge in [-0.2, -0.15) is 9.78 Å². The molecule has 2 heterocycles. The number of anilines is 1. The standard InChI is InChI=1S/C18H18ClFN6O3/c1-3-15(25-11(2)9-17(23-25)26(28)29)18(27)21-16-7-8-24(22-16)10-12-13(19)5-4-6-14(12)20/h4-9,15H,3,10H2,1-2H3,(H,21,22,27). The number of amides is 1. The van der Waals surface area contributed by atoms with E-state index < -0.39 is 22.7 Å². The number of nitrogens with zero attached hydrogens (tertiary/aromatic N) is 5. The van der Waals surface area contributed by atoms with Crippen LogP contribution in [0.3, 0.4) is 0 Å². The molecule has 0 aliphatic heterocycles. The quantitative estimate of drug-likeness (QED) is 0.463. The van der Waals surface area contributed by atoms with Crippen molar-refractivity contribution in [3.63, 3.8) is 0 Å². The lowest BCUT2D eigenvalue weighted by Crippen LogP contribution is -2.27. The first-order chi connectivity index (χ1) is 13.8. The second kappa shape index (κ2) is 8.39. The zero-order valence-electron chi connectivity index (χ0n) is 15.7. The zero-order valence-corrected chi connectivity index (χ0v) is 16.4. The van der Waals surface area contributed by atoms with Gasteiger partial charge in [-0.1, -0.05) is 24.6 Å². The van der Waals surface area contributed by atoms with Gasteiger partial charge in [0.1, 0.15) is 5.82 Å². The number of hydrogen-bond acceptors (Lipinski definition) is 5. The molecule has 3 rings (SSSR count). The second-order valence-corrected chi connectivity index (χ2v) is 6.76. The summed E-state index contributed by atoms with van der Waals surface area (Å²) in [6, 6.07) is 6.55. The lowest BCUT2D eigenvalue weighted by Gasteiger charge is -2.13. The molecule has 0 fully saturated rings. The number of nitrogens with one attached hydrogen (secondary N) is 1. The topological polar surface area (TPSA) is 108 Å². The SMILES string of the molecule is CCC(C(=O)Nc1ccn(Cc2c(F)cccc2Cl)n1)n1nc([N+](=O)[O-])cc1C. The summed E-state index contributed by atoms with van der Waals surface area (Å²) in [6.45, 7) is 3.52. The maximum Gasteiger partial charge on any atom is 0.390 e. The molecule has 1 unspecified atom stereocenters. The van der Waals surface area contributed by atoms with Gasteiger partial charge in [0.05, 0.1) is 23.4 Å². The summed E-state index contributed by atoms with van der Waals surface area (Å²) in [7, 11) is 0. The van der Waals surface area contributed by atoms with Crippen molar-refractivity contribution in [2.75, 3.05) is 5.32 Å². The Labute approximate surface area is 170 Å². The smallest absolute Gasteiger partial charge is 0.358 e. The van der Waals surface area contributed by atoms with Gasteiger partial charge in [0, 0.05) is 22.8 Å². The molecule has 0 radical (unpaired) electrons. The van der Waals surface area contributed by atoms with E-state index in [4.69, 9.17) is 11.6 Å². The third-order valence-electron chi connectivity index (χ3n) is 4.35. The molecule has 29 heavy (non-hydrogen) atoms. The van der Waals surface area contributed by atoms with Gasteiger partial charge in [0.2, 0.25) is 0 Å². The van der Waals surface area contributed by atoms with E-state index in [-0.39, 0.29) is 23.2 Å². The van der Waals surface area contributed by atoms with E-state index in [1.165, 1.54) is 27.6 Å². The number of benzene rings is 1. The highest BCUT2D eigenvalue weighted by Gasteiger charge is 2.27. The summed E-state index contributed by atoms with van der Waals surface area (Å²) < 4.78 is 16.7. The lowest BCUT2D eigenvalue weighted by molar-refractivity contribution is -0.389. The van der Waals surface area contributed by atoms with Crippen molar-refractivity contribution < 1.29 is 14.1 Å². The van der Waals surface area contributed by atoms with E-state index in [1.807, 2.05) is 0 Å². The van der Waals surface area contributed by atoms with Crippen LogP contribution in [0.15, 0.2) is 36.5 Å². The Morgan fingerprint density at radius 3 is 2.76 bits per heavy atom.